The number of benzene rings is 1. The van der Waals surface area contributed by atoms with Crippen LogP contribution in [0.15, 0.2) is 49.6 Å². The third-order valence-corrected chi connectivity index (χ3v) is 3.71. The minimum atomic E-state index is 0.702. The van der Waals surface area contributed by atoms with Crippen LogP contribution in [-0.4, -0.2) is 25.0 Å². The van der Waals surface area contributed by atoms with Crippen LogP contribution in [0.5, 0.6) is 0 Å². The summed E-state index contributed by atoms with van der Waals surface area (Å²) in [4.78, 5) is 3.97. The molecular formula is C20H26N6. The van der Waals surface area contributed by atoms with Gasteiger partial charge in [-0.2, -0.15) is 10.2 Å². The predicted octanol–water partition coefficient (Wildman–Crippen LogP) is 2.59. The second kappa shape index (κ2) is 9.36. The van der Waals surface area contributed by atoms with Crippen LogP contribution < -0.4 is 15.9 Å². The van der Waals surface area contributed by atoms with Crippen molar-refractivity contribution < 1.29 is 0 Å². The number of nitrogens with zero attached hydrogens (tertiary/aromatic N) is 4. The van der Waals surface area contributed by atoms with Crippen LogP contribution in [-0.2, 0) is 6.54 Å². The summed E-state index contributed by atoms with van der Waals surface area (Å²) < 4.78 is 1.81. The van der Waals surface area contributed by atoms with Crippen LogP contribution in [0.1, 0.15) is 32.0 Å². The topological polar surface area (TPSA) is 71.4 Å². The van der Waals surface area contributed by atoms with Crippen molar-refractivity contribution >= 4 is 17.5 Å². The van der Waals surface area contributed by atoms with Gasteiger partial charge in [0.1, 0.15) is 12.7 Å². The van der Waals surface area contributed by atoms with E-state index in [1.807, 2.05) is 32.9 Å². The second-order valence-electron chi connectivity index (χ2n) is 5.84. The van der Waals surface area contributed by atoms with E-state index in [0.717, 1.165) is 27.6 Å². The maximum atomic E-state index is 4.28. The molecule has 2 N–H and O–H groups in total. The van der Waals surface area contributed by atoms with Gasteiger partial charge < -0.3 is 5.32 Å². The van der Waals surface area contributed by atoms with Crippen LogP contribution in [0.3, 0.4) is 0 Å². The Kier molecular flexibility index (Phi) is 6.91. The van der Waals surface area contributed by atoms with Crippen molar-refractivity contribution in [2.45, 2.75) is 34.2 Å². The molecule has 0 aliphatic heterocycles. The molecule has 0 unspecified atom stereocenters. The Bertz CT molecular complexity index is 951. The molecule has 1 aromatic carbocycles. The largest absolute Gasteiger partial charge is 0.359 e. The van der Waals surface area contributed by atoms with Crippen molar-refractivity contribution in [2.24, 2.45) is 0 Å². The molecule has 0 radical (unpaired) electrons. The van der Waals surface area contributed by atoms with Crippen molar-refractivity contribution in [2.75, 3.05) is 5.32 Å². The lowest BCUT2D eigenvalue weighted by molar-refractivity contribution is 0.685. The molecule has 3 rings (SSSR count). The van der Waals surface area contributed by atoms with Gasteiger partial charge in [0, 0.05) is 16.6 Å². The van der Waals surface area contributed by atoms with Gasteiger partial charge in [0.25, 0.3) is 0 Å². The lowest BCUT2D eigenvalue weighted by Crippen LogP contribution is -2.28. The zero-order valence-electron chi connectivity index (χ0n) is 15.8. The lowest BCUT2D eigenvalue weighted by Gasteiger charge is -2.09. The average Bonchev–Trinajstić information content (AvgIpc) is 3.25. The first-order valence-corrected chi connectivity index (χ1v) is 8.52. The third-order valence-electron chi connectivity index (χ3n) is 3.71. The number of aryl methyl sites for hydroxylation is 1. The highest BCUT2D eigenvalue weighted by atomic mass is 15.3. The minimum absolute atomic E-state index is 0.702. The van der Waals surface area contributed by atoms with Gasteiger partial charge in [-0.1, -0.05) is 24.3 Å². The molecule has 0 saturated carbocycles. The van der Waals surface area contributed by atoms with E-state index in [1.54, 1.807) is 23.4 Å². The molecule has 6 nitrogen and oxygen atoms in total. The van der Waals surface area contributed by atoms with Gasteiger partial charge in [-0.25, -0.2) is 9.67 Å². The molecule has 2 aromatic heterocycles. The average molecular weight is 350 g/mol. The Morgan fingerprint density at radius 2 is 2.12 bits per heavy atom. The number of aromatic nitrogens is 5. The van der Waals surface area contributed by atoms with Gasteiger partial charge in [0.2, 0.25) is 0 Å². The van der Waals surface area contributed by atoms with E-state index < -0.39 is 0 Å². The van der Waals surface area contributed by atoms with E-state index in [0.29, 0.717) is 6.54 Å². The number of aromatic amines is 1. The van der Waals surface area contributed by atoms with Gasteiger partial charge in [-0.3, -0.25) is 5.10 Å². The first-order chi connectivity index (χ1) is 12.6. The number of anilines is 1. The molecule has 26 heavy (non-hydrogen) atoms. The first-order valence-electron chi connectivity index (χ1n) is 8.52. The second-order valence-corrected chi connectivity index (χ2v) is 5.84. The van der Waals surface area contributed by atoms with Crippen molar-refractivity contribution in [3.05, 3.63) is 71.4 Å². The summed E-state index contributed by atoms with van der Waals surface area (Å²) in [5, 5.41) is 17.1. The van der Waals surface area contributed by atoms with E-state index in [9.17, 15) is 0 Å². The molecule has 0 spiro atoms. The highest BCUT2D eigenvalue weighted by Gasteiger charge is 2.02. The van der Waals surface area contributed by atoms with Crippen molar-refractivity contribution in [3.63, 3.8) is 0 Å². The number of allylic oxidation sites excluding steroid dienone is 1. The number of H-pyrrole nitrogens is 1. The molecule has 0 bridgehead atoms. The van der Waals surface area contributed by atoms with Crippen molar-refractivity contribution in [1.82, 2.24) is 25.0 Å². The van der Waals surface area contributed by atoms with E-state index in [1.165, 1.54) is 5.56 Å². The van der Waals surface area contributed by atoms with E-state index in [4.69, 9.17) is 0 Å². The Labute approximate surface area is 154 Å². The summed E-state index contributed by atoms with van der Waals surface area (Å²) in [7, 11) is 0. The fourth-order valence-electron chi connectivity index (χ4n) is 2.66. The van der Waals surface area contributed by atoms with Gasteiger partial charge in [-0.05, 0) is 45.4 Å². The SMILES string of the molecule is C/C=c1/[nH]nc(C)/c1=C(/C)Nc1cccc(Cn2cncn2)c1.C=CC. The summed E-state index contributed by atoms with van der Waals surface area (Å²) in [6.45, 7) is 12.0. The normalized spacial score (nSPS) is 12.2. The zero-order valence-corrected chi connectivity index (χ0v) is 15.8. The van der Waals surface area contributed by atoms with Gasteiger partial charge in [0.05, 0.1) is 17.6 Å². The fourth-order valence-corrected chi connectivity index (χ4v) is 2.66. The molecule has 0 fully saturated rings. The van der Waals surface area contributed by atoms with Crippen LogP contribution in [0, 0.1) is 6.92 Å². The zero-order chi connectivity index (χ0) is 18.9. The minimum Gasteiger partial charge on any atom is -0.359 e. The molecule has 0 atom stereocenters. The van der Waals surface area contributed by atoms with E-state index in [-0.39, 0.29) is 0 Å². The van der Waals surface area contributed by atoms with Gasteiger partial charge in [-0.15, -0.1) is 6.58 Å². The summed E-state index contributed by atoms with van der Waals surface area (Å²) in [5.41, 5.74) is 4.27. The Balaban J connectivity index is 0.000000758. The van der Waals surface area contributed by atoms with E-state index in [2.05, 4.69) is 57.3 Å². The highest BCUT2D eigenvalue weighted by molar-refractivity contribution is 5.64. The molecule has 0 saturated heterocycles. The molecular weight excluding hydrogens is 324 g/mol. The number of nitrogens with one attached hydrogen (secondary N) is 2. The molecule has 0 aliphatic rings. The number of rotatable bonds is 4. The summed E-state index contributed by atoms with van der Waals surface area (Å²) in [6.07, 6.45) is 7.04. The van der Waals surface area contributed by atoms with Crippen LogP contribution >= 0.6 is 0 Å². The number of hydrogen-bond acceptors (Lipinski definition) is 4. The maximum absolute atomic E-state index is 4.28. The lowest BCUT2D eigenvalue weighted by atomic mass is 10.2. The molecule has 136 valence electrons. The highest BCUT2D eigenvalue weighted by Crippen LogP contribution is 2.13. The molecule has 2 heterocycles. The van der Waals surface area contributed by atoms with Crippen LogP contribution in [0.25, 0.3) is 11.8 Å². The summed E-state index contributed by atoms with van der Waals surface area (Å²) in [5.74, 6) is 0. The molecule has 6 heteroatoms. The molecule has 0 aliphatic carbocycles. The molecule has 3 aromatic rings. The van der Waals surface area contributed by atoms with Crippen LogP contribution in [0.2, 0.25) is 0 Å². The third kappa shape index (κ3) is 4.92. The standard InChI is InChI=1S/C17H20N6.C3H6/c1-4-16-17(13(3)21-22-16)12(2)20-15-7-5-6-14(8-15)9-23-11-18-10-19-23;1-3-2/h4-8,10-11,20,22H,9H2,1-3H3;3H,1H2,2H3/b16-4+,17-12+;. The fraction of sp³-hybridized carbons (Fsp3) is 0.250. The summed E-state index contributed by atoms with van der Waals surface area (Å²) in [6, 6.07) is 8.29. The Morgan fingerprint density at radius 1 is 1.35 bits per heavy atom. The van der Waals surface area contributed by atoms with Gasteiger partial charge in [0.15, 0.2) is 0 Å². The quantitative estimate of drug-likeness (QED) is 0.710. The van der Waals surface area contributed by atoms with Crippen LogP contribution in [0.4, 0.5) is 5.69 Å². The monoisotopic (exact) mass is 350 g/mol. The first kappa shape index (κ1) is 19.2. The predicted molar refractivity (Wildman–Crippen MR) is 107 cm³/mol. The van der Waals surface area contributed by atoms with Gasteiger partial charge >= 0.3 is 0 Å². The summed E-state index contributed by atoms with van der Waals surface area (Å²) >= 11 is 0. The van der Waals surface area contributed by atoms with E-state index >= 15 is 0 Å². The molecule has 0 amide bonds. The Hall–Kier alpha value is -3.15. The van der Waals surface area contributed by atoms with Crippen molar-refractivity contribution in [1.29, 1.82) is 0 Å². The smallest absolute Gasteiger partial charge is 0.137 e. The maximum Gasteiger partial charge on any atom is 0.137 e. The number of hydrogen-bond donors (Lipinski definition) is 2. The Morgan fingerprint density at radius 3 is 2.77 bits per heavy atom. The van der Waals surface area contributed by atoms with Crippen molar-refractivity contribution in [3.8, 4) is 0 Å².